The van der Waals surface area contributed by atoms with Crippen molar-refractivity contribution in [3.05, 3.63) is 89.2 Å². The van der Waals surface area contributed by atoms with Gasteiger partial charge in [0.15, 0.2) is 0 Å². The van der Waals surface area contributed by atoms with Crippen LogP contribution in [0.2, 0.25) is 0 Å². The first kappa shape index (κ1) is 22.8. The van der Waals surface area contributed by atoms with Gasteiger partial charge in [-0.3, -0.25) is 9.59 Å². The highest BCUT2D eigenvalue weighted by Gasteiger charge is 2.25. The number of rotatable bonds is 7. The fourth-order valence-corrected chi connectivity index (χ4v) is 4.03. The number of amides is 1. The van der Waals surface area contributed by atoms with Crippen molar-refractivity contribution in [2.24, 2.45) is 0 Å². The third-order valence-electron chi connectivity index (χ3n) is 4.81. The lowest BCUT2D eigenvalue weighted by molar-refractivity contribution is -0.142. The number of hydrogen-bond donors (Lipinski definition) is 1. The summed E-state index contributed by atoms with van der Waals surface area (Å²) in [6.45, 7) is 1.52. The minimum absolute atomic E-state index is 0.0909. The maximum atomic E-state index is 14.1. The van der Waals surface area contributed by atoms with E-state index < -0.39 is 18.1 Å². The summed E-state index contributed by atoms with van der Waals surface area (Å²) in [6, 6.07) is 19.3. The molecular weight excluding hydrogens is 445 g/mol. The van der Waals surface area contributed by atoms with Gasteiger partial charge in [-0.2, -0.15) is 0 Å². The van der Waals surface area contributed by atoms with Gasteiger partial charge in [0, 0.05) is 34.2 Å². The van der Waals surface area contributed by atoms with Crippen molar-refractivity contribution in [1.82, 2.24) is 0 Å². The molecule has 0 unspecified atom stereocenters. The van der Waals surface area contributed by atoms with E-state index in [1.165, 1.54) is 30.8 Å². The lowest BCUT2D eigenvalue weighted by atomic mass is 10.1. The van der Waals surface area contributed by atoms with Crippen LogP contribution in [0.3, 0.4) is 0 Å². The van der Waals surface area contributed by atoms with E-state index in [1.54, 1.807) is 12.1 Å². The molecule has 1 heterocycles. The average Bonchev–Trinajstić information content (AvgIpc) is 2.82. The van der Waals surface area contributed by atoms with Crippen LogP contribution in [-0.4, -0.2) is 17.6 Å². The van der Waals surface area contributed by atoms with Gasteiger partial charge in [-0.1, -0.05) is 30.3 Å². The number of nitrogens with one attached hydrogen (secondary N) is 1. The zero-order valence-corrected chi connectivity index (χ0v) is 18.7. The highest BCUT2D eigenvalue weighted by Crippen LogP contribution is 2.37. The number of hydrogen-bond acceptors (Lipinski definition) is 6. The summed E-state index contributed by atoms with van der Waals surface area (Å²) in [6.07, 6.45) is -0.616. The highest BCUT2D eigenvalue weighted by atomic mass is 32.2. The van der Waals surface area contributed by atoms with Crippen LogP contribution in [0.25, 0.3) is 0 Å². The molecule has 1 atom stereocenters. The molecule has 1 N–H and O–H groups in total. The van der Waals surface area contributed by atoms with Gasteiger partial charge in [-0.05, 0) is 36.4 Å². The van der Waals surface area contributed by atoms with Crippen molar-refractivity contribution < 1.29 is 28.2 Å². The second kappa shape index (κ2) is 10.5. The van der Waals surface area contributed by atoms with Crippen LogP contribution in [0.4, 0.5) is 10.1 Å². The molecule has 3 aromatic rings. The molecule has 0 saturated carbocycles. The van der Waals surface area contributed by atoms with Crippen LogP contribution < -0.4 is 10.1 Å². The van der Waals surface area contributed by atoms with Gasteiger partial charge in [-0.25, -0.2) is 4.39 Å². The molecule has 1 amide bonds. The van der Waals surface area contributed by atoms with Gasteiger partial charge in [0.05, 0.1) is 12.4 Å². The normalized spacial score (nSPS) is 14.7. The first-order valence-corrected chi connectivity index (χ1v) is 11.3. The third-order valence-corrected chi connectivity index (χ3v) is 5.80. The Morgan fingerprint density at radius 1 is 1.12 bits per heavy atom. The van der Waals surface area contributed by atoms with Gasteiger partial charge >= 0.3 is 5.97 Å². The Balaban J connectivity index is 1.36. The molecule has 33 heavy (non-hydrogen) atoms. The number of carbonyl (C=O) groups excluding carboxylic acids is 2. The summed E-state index contributed by atoms with van der Waals surface area (Å²) in [4.78, 5) is 24.2. The molecule has 170 valence electrons. The molecule has 0 aromatic heterocycles. The van der Waals surface area contributed by atoms with E-state index in [1.807, 2.05) is 42.5 Å². The second-order valence-electron chi connectivity index (χ2n) is 7.38. The first-order valence-electron chi connectivity index (χ1n) is 10.3. The van der Waals surface area contributed by atoms with Crippen molar-refractivity contribution >= 4 is 29.3 Å². The summed E-state index contributed by atoms with van der Waals surface area (Å²) < 4.78 is 31.2. The largest absolute Gasteiger partial charge is 0.460 e. The molecule has 1 aliphatic rings. The summed E-state index contributed by atoms with van der Waals surface area (Å²) in [7, 11) is 0. The van der Waals surface area contributed by atoms with Crippen LogP contribution in [0.15, 0.2) is 71.6 Å². The van der Waals surface area contributed by atoms with E-state index >= 15 is 0 Å². The van der Waals surface area contributed by atoms with Gasteiger partial charge in [-0.15, -0.1) is 11.8 Å². The number of anilines is 1. The number of esters is 1. The van der Waals surface area contributed by atoms with Crippen LogP contribution in [0.1, 0.15) is 29.9 Å². The summed E-state index contributed by atoms with van der Waals surface area (Å²) in [5.74, 6) is -0.461. The van der Waals surface area contributed by atoms with Crippen molar-refractivity contribution in [3.8, 4) is 5.75 Å². The Labute approximate surface area is 195 Å². The van der Waals surface area contributed by atoms with Crippen molar-refractivity contribution in [3.63, 3.8) is 0 Å². The van der Waals surface area contributed by atoms with Gasteiger partial charge < -0.3 is 19.5 Å². The van der Waals surface area contributed by atoms with Crippen LogP contribution >= 0.6 is 11.8 Å². The van der Waals surface area contributed by atoms with Gasteiger partial charge in [0.2, 0.25) is 12.2 Å². The maximum Gasteiger partial charge on any atom is 0.316 e. The number of ether oxygens (including phenoxy) is 3. The molecule has 0 radical (unpaired) electrons. The fourth-order valence-electron chi connectivity index (χ4n) is 3.34. The standard InChI is InChI=1S/C25H22FNO5S/c1-16(28)27-21-7-9-22(10-8-21)33-15-23(29)30-13-18-11-20(26)12-19-14-31-25(32-24(18)19)17-5-3-2-4-6-17/h2-12,25H,13-15H2,1H3,(H,27,28)/t25-/m0/s1. The Kier molecular flexibility index (Phi) is 7.26. The van der Waals surface area contributed by atoms with E-state index in [2.05, 4.69) is 5.32 Å². The van der Waals surface area contributed by atoms with E-state index in [9.17, 15) is 14.0 Å². The van der Waals surface area contributed by atoms with Crippen LogP contribution in [-0.2, 0) is 32.3 Å². The monoisotopic (exact) mass is 467 g/mol. The van der Waals surface area contributed by atoms with E-state index in [0.717, 1.165) is 10.5 Å². The predicted molar refractivity (Wildman–Crippen MR) is 122 cm³/mol. The molecule has 0 fully saturated rings. The number of thioether (sulfide) groups is 1. The second-order valence-corrected chi connectivity index (χ2v) is 8.43. The van der Waals surface area contributed by atoms with Crippen LogP contribution in [0, 0.1) is 5.82 Å². The lowest BCUT2D eigenvalue weighted by Gasteiger charge is -2.28. The fraction of sp³-hybridized carbons (Fsp3) is 0.200. The zero-order valence-electron chi connectivity index (χ0n) is 17.9. The van der Waals surface area contributed by atoms with Crippen LogP contribution in [0.5, 0.6) is 5.75 Å². The molecule has 0 bridgehead atoms. The van der Waals surface area contributed by atoms with Gasteiger partial charge in [0.1, 0.15) is 18.2 Å². The SMILES string of the molecule is CC(=O)Nc1ccc(SCC(=O)OCc2cc(F)cc3c2O[C@@H](c2ccccc2)OC3)cc1. The zero-order chi connectivity index (χ0) is 23.2. The minimum atomic E-state index is -0.616. The number of halogens is 1. The number of fused-ring (bicyclic) bond motifs is 1. The summed E-state index contributed by atoms with van der Waals surface area (Å²) >= 11 is 1.31. The quantitative estimate of drug-likeness (QED) is 0.379. The molecule has 1 aliphatic heterocycles. The number of benzene rings is 3. The summed E-state index contributed by atoms with van der Waals surface area (Å²) in [5.41, 5.74) is 2.55. The smallest absolute Gasteiger partial charge is 0.316 e. The summed E-state index contributed by atoms with van der Waals surface area (Å²) in [5, 5.41) is 2.69. The Morgan fingerprint density at radius 3 is 2.61 bits per heavy atom. The lowest BCUT2D eigenvalue weighted by Crippen LogP contribution is -2.20. The van der Waals surface area contributed by atoms with Crippen molar-refractivity contribution in [1.29, 1.82) is 0 Å². The number of carbonyl (C=O) groups is 2. The minimum Gasteiger partial charge on any atom is -0.460 e. The predicted octanol–water partition coefficient (Wildman–Crippen LogP) is 5.23. The molecule has 3 aromatic carbocycles. The van der Waals surface area contributed by atoms with Crippen molar-refractivity contribution in [2.45, 2.75) is 31.3 Å². The topological polar surface area (TPSA) is 73.9 Å². The molecule has 6 nitrogen and oxygen atoms in total. The van der Waals surface area contributed by atoms with E-state index in [4.69, 9.17) is 14.2 Å². The first-order chi connectivity index (χ1) is 16.0. The van der Waals surface area contributed by atoms with Crippen molar-refractivity contribution in [2.75, 3.05) is 11.1 Å². The maximum absolute atomic E-state index is 14.1. The highest BCUT2D eigenvalue weighted by molar-refractivity contribution is 8.00. The Hall–Kier alpha value is -3.36. The average molecular weight is 468 g/mol. The van der Waals surface area contributed by atoms with E-state index in [0.29, 0.717) is 22.6 Å². The third kappa shape index (κ3) is 6.12. The molecule has 4 rings (SSSR count). The molecule has 0 aliphatic carbocycles. The molecule has 0 spiro atoms. The molecular formula is C25H22FNO5S. The van der Waals surface area contributed by atoms with Gasteiger partial charge in [0.25, 0.3) is 0 Å². The Bertz CT molecular complexity index is 1140. The molecule has 8 heteroatoms. The molecule has 0 saturated heterocycles. The Morgan fingerprint density at radius 2 is 1.88 bits per heavy atom. The van der Waals surface area contributed by atoms with E-state index in [-0.39, 0.29) is 24.9 Å².